The van der Waals surface area contributed by atoms with Gasteiger partial charge in [-0.2, -0.15) is 0 Å². The number of nitrogens with zero attached hydrogens (tertiary/aromatic N) is 1. The van der Waals surface area contributed by atoms with Crippen LogP contribution in [0.3, 0.4) is 0 Å². The van der Waals surface area contributed by atoms with E-state index in [9.17, 15) is 8.78 Å². The molecule has 2 atom stereocenters. The summed E-state index contributed by atoms with van der Waals surface area (Å²) in [7, 11) is 0. The number of morpholine rings is 1. The second-order valence-electron chi connectivity index (χ2n) is 5.76. The Morgan fingerprint density at radius 1 is 1.17 bits per heavy atom. The van der Waals surface area contributed by atoms with Gasteiger partial charge in [0.15, 0.2) is 0 Å². The zero-order chi connectivity index (χ0) is 16.4. The Bertz CT molecular complexity index is 677. The van der Waals surface area contributed by atoms with Crippen molar-refractivity contribution >= 4 is 11.6 Å². The maximum Gasteiger partial charge on any atom is 0.141 e. The third kappa shape index (κ3) is 3.71. The van der Waals surface area contributed by atoms with Crippen LogP contribution in [-0.2, 0) is 4.74 Å². The lowest BCUT2D eigenvalue weighted by atomic mass is 10.0. The average Bonchev–Trinajstić information content (AvgIpc) is 2.57. The van der Waals surface area contributed by atoms with Crippen LogP contribution in [0.4, 0.5) is 8.78 Å². The monoisotopic (exact) mass is 337 g/mol. The summed E-state index contributed by atoms with van der Waals surface area (Å²) in [5, 5.41) is 0.106. The first-order valence-corrected chi connectivity index (χ1v) is 7.98. The molecule has 0 bridgehead atoms. The largest absolute Gasteiger partial charge is 0.371 e. The molecule has 1 aliphatic heterocycles. The number of halogens is 3. The summed E-state index contributed by atoms with van der Waals surface area (Å²) >= 11 is 5.86. The Hall–Kier alpha value is -1.49. The molecular weight excluding hydrogens is 320 g/mol. The van der Waals surface area contributed by atoms with Gasteiger partial charge in [0.1, 0.15) is 11.6 Å². The summed E-state index contributed by atoms with van der Waals surface area (Å²) in [5.41, 5.74) is 1.93. The van der Waals surface area contributed by atoms with Gasteiger partial charge in [0.2, 0.25) is 0 Å². The number of benzene rings is 2. The average molecular weight is 338 g/mol. The molecule has 2 unspecified atom stereocenters. The van der Waals surface area contributed by atoms with E-state index in [1.165, 1.54) is 18.2 Å². The van der Waals surface area contributed by atoms with Gasteiger partial charge in [-0.3, -0.25) is 4.90 Å². The molecule has 0 amide bonds. The summed E-state index contributed by atoms with van der Waals surface area (Å²) < 4.78 is 32.2. The SMILES string of the molecule is CC(c1ccc(F)cc1)N1CCOC(c2ccc(F)c(Cl)c2)C1. The van der Waals surface area contributed by atoms with E-state index >= 15 is 0 Å². The van der Waals surface area contributed by atoms with Crippen molar-refractivity contribution in [2.75, 3.05) is 19.7 Å². The van der Waals surface area contributed by atoms with Crippen LogP contribution in [0.1, 0.15) is 30.2 Å². The van der Waals surface area contributed by atoms with Gasteiger partial charge in [0, 0.05) is 19.1 Å². The maximum absolute atomic E-state index is 13.3. The summed E-state index contributed by atoms with van der Waals surface area (Å²) in [6.07, 6.45) is -0.148. The lowest BCUT2D eigenvalue weighted by Crippen LogP contribution is -2.39. The fourth-order valence-electron chi connectivity index (χ4n) is 2.89. The minimum atomic E-state index is -0.428. The molecular formula is C18H18ClF2NO. The molecule has 0 N–H and O–H groups in total. The van der Waals surface area contributed by atoms with Crippen LogP contribution >= 0.6 is 11.6 Å². The van der Waals surface area contributed by atoms with E-state index in [4.69, 9.17) is 16.3 Å². The van der Waals surface area contributed by atoms with E-state index in [2.05, 4.69) is 11.8 Å². The molecule has 2 aromatic carbocycles. The van der Waals surface area contributed by atoms with Crippen LogP contribution in [0.5, 0.6) is 0 Å². The van der Waals surface area contributed by atoms with Crippen molar-refractivity contribution in [3.05, 3.63) is 70.2 Å². The van der Waals surface area contributed by atoms with E-state index in [1.54, 1.807) is 24.3 Å². The lowest BCUT2D eigenvalue weighted by molar-refractivity contribution is -0.0431. The smallest absolute Gasteiger partial charge is 0.141 e. The van der Waals surface area contributed by atoms with Crippen LogP contribution in [0.2, 0.25) is 5.02 Å². The van der Waals surface area contributed by atoms with Crippen molar-refractivity contribution in [3.63, 3.8) is 0 Å². The van der Waals surface area contributed by atoms with Gasteiger partial charge in [-0.15, -0.1) is 0 Å². The maximum atomic E-state index is 13.3. The first-order valence-electron chi connectivity index (χ1n) is 7.60. The zero-order valence-corrected chi connectivity index (χ0v) is 13.6. The predicted molar refractivity (Wildman–Crippen MR) is 86.5 cm³/mol. The van der Waals surface area contributed by atoms with E-state index in [0.29, 0.717) is 13.2 Å². The van der Waals surface area contributed by atoms with Gasteiger partial charge in [-0.05, 0) is 42.3 Å². The van der Waals surface area contributed by atoms with Crippen molar-refractivity contribution < 1.29 is 13.5 Å². The van der Waals surface area contributed by atoms with E-state index in [0.717, 1.165) is 17.7 Å². The summed E-state index contributed by atoms with van der Waals surface area (Å²) in [4.78, 5) is 2.28. The van der Waals surface area contributed by atoms with Crippen LogP contribution in [0.25, 0.3) is 0 Å². The highest BCUT2D eigenvalue weighted by Crippen LogP contribution is 2.30. The number of rotatable bonds is 3. The van der Waals surface area contributed by atoms with Crippen molar-refractivity contribution in [1.82, 2.24) is 4.90 Å². The van der Waals surface area contributed by atoms with Crippen LogP contribution in [-0.4, -0.2) is 24.6 Å². The normalized spacial score (nSPS) is 20.4. The summed E-state index contributed by atoms with van der Waals surface area (Å²) in [6.45, 7) is 4.16. The molecule has 23 heavy (non-hydrogen) atoms. The molecule has 0 spiro atoms. The molecule has 0 saturated carbocycles. The van der Waals surface area contributed by atoms with Crippen LogP contribution < -0.4 is 0 Å². The molecule has 0 radical (unpaired) electrons. The van der Waals surface area contributed by atoms with Gasteiger partial charge >= 0.3 is 0 Å². The van der Waals surface area contributed by atoms with E-state index in [1.807, 2.05) is 0 Å². The first kappa shape index (κ1) is 16.4. The third-order valence-electron chi connectivity index (χ3n) is 4.31. The number of hydrogen-bond acceptors (Lipinski definition) is 2. The molecule has 1 aliphatic rings. The van der Waals surface area contributed by atoms with E-state index in [-0.39, 0.29) is 23.0 Å². The molecule has 2 nitrogen and oxygen atoms in total. The Morgan fingerprint density at radius 3 is 2.61 bits per heavy atom. The molecule has 0 aliphatic carbocycles. The van der Waals surface area contributed by atoms with Gasteiger partial charge in [-0.1, -0.05) is 29.8 Å². The highest BCUT2D eigenvalue weighted by molar-refractivity contribution is 6.30. The van der Waals surface area contributed by atoms with Gasteiger partial charge in [0.05, 0.1) is 17.7 Å². The topological polar surface area (TPSA) is 12.5 Å². The molecule has 1 saturated heterocycles. The standard InChI is InChI=1S/C18H18ClF2NO/c1-12(13-2-5-15(20)6-3-13)22-8-9-23-18(11-22)14-4-7-17(21)16(19)10-14/h2-7,10,12,18H,8-9,11H2,1H3. The summed E-state index contributed by atoms with van der Waals surface area (Å²) in [5.74, 6) is -0.662. The van der Waals surface area contributed by atoms with Crippen LogP contribution in [0, 0.1) is 11.6 Å². The highest BCUT2D eigenvalue weighted by Gasteiger charge is 2.26. The highest BCUT2D eigenvalue weighted by atomic mass is 35.5. The third-order valence-corrected chi connectivity index (χ3v) is 4.60. The molecule has 5 heteroatoms. The Morgan fingerprint density at radius 2 is 1.91 bits per heavy atom. The minimum absolute atomic E-state index is 0.106. The quantitative estimate of drug-likeness (QED) is 0.801. The van der Waals surface area contributed by atoms with Crippen molar-refractivity contribution in [1.29, 1.82) is 0 Å². The lowest BCUT2D eigenvalue weighted by Gasteiger charge is -2.37. The molecule has 1 heterocycles. The first-order chi connectivity index (χ1) is 11.0. The second kappa shape index (κ2) is 6.95. The van der Waals surface area contributed by atoms with Gasteiger partial charge in [-0.25, -0.2) is 8.78 Å². The van der Waals surface area contributed by atoms with E-state index < -0.39 is 5.82 Å². The fraction of sp³-hybridized carbons (Fsp3) is 0.333. The molecule has 3 rings (SSSR count). The van der Waals surface area contributed by atoms with Gasteiger partial charge in [0.25, 0.3) is 0 Å². The molecule has 0 aromatic heterocycles. The van der Waals surface area contributed by atoms with Crippen molar-refractivity contribution in [3.8, 4) is 0 Å². The number of hydrogen-bond donors (Lipinski definition) is 0. The van der Waals surface area contributed by atoms with Gasteiger partial charge < -0.3 is 4.74 Å². The predicted octanol–water partition coefficient (Wildman–Crippen LogP) is 4.75. The zero-order valence-electron chi connectivity index (χ0n) is 12.8. The molecule has 2 aromatic rings. The number of ether oxygens (including phenoxy) is 1. The van der Waals surface area contributed by atoms with Crippen molar-refractivity contribution in [2.45, 2.75) is 19.1 Å². The minimum Gasteiger partial charge on any atom is -0.371 e. The fourth-order valence-corrected chi connectivity index (χ4v) is 3.08. The van der Waals surface area contributed by atoms with Crippen LogP contribution in [0.15, 0.2) is 42.5 Å². The molecule has 122 valence electrons. The molecule has 1 fully saturated rings. The Labute approximate surface area is 139 Å². The Balaban J connectivity index is 1.74. The Kier molecular flexibility index (Phi) is 4.95. The summed E-state index contributed by atoms with van der Waals surface area (Å²) in [6, 6.07) is 11.4. The second-order valence-corrected chi connectivity index (χ2v) is 6.16. The van der Waals surface area contributed by atoms with Crippen molar-refractivity contribution in [2.24, 2.45) is 0 Å².